The predicted molar refractivity (Wildman–Crippen MR) is 35.0 cm³/mol. The zero-order valence-electron chi connectivity index (χ0n) is 5.38. The smallest absolute Gasteiger partial charge is 0.0630 e. The van der Waals surface area contributed by atoms with Crippen LogP contribution in [0.3, 0.4) is 0 Å². The average molecular weight is 128 g/mol. The van der Waals surface area contributed by atoms with Crippen molar-refractivity contribution in [3.8, 4) is 0 Å². The van der Waals surface area contributed by atoms with Gasteiger partial charge in [-0.3, -0.25) is 0 Å². The third-order valence-corrected chi connectivity index (χ3v) is 1.95. The van der Waals surface area contributed by atoms with Crippen molar-refractivity contribution in [2.24, 2.45) is 5.92 Å². The van der Waals surface area contributed by atoms with E-state index in [0.717, 1.165) is 18.4 Å². The Bertz CT molecular complexity index is 120. The van der Waals surface area contributed by atoms with Crippen LogP contribution >= 0.6 is 0 Å². The first-order valence-corrected chi connectivity index (χ1v) is 3.22. The number of hydrogen-bond donors (Lipinski definition) is 2. The first kappa shape index (κ1) is 6.78. The molecule has 1 unspecified atom stereocenters. The minimum absolute atomic E-state index is 0.0417. The van der Waals surface area contributed by atoms with E-state index in [1.165, 1.54) is 0 Å². The van der Waals surface area contributed by atoms with Crippen molar-refractivity contribution in [1.29, 1.82) is 0 Å². The average Bonchev–Trinajstić information content (AvgIpc) is 2.12. The molecule has 0 aromatic rings. The van der Waals surface area contributed by atoms with Gasteiger partial charge in [0.25, 0.3) is 0 Å². The molecule has 0 amide bonds. The standard InChI is InChI=1S/C7H12O2/c1-5-2-3-7(9)6(5)4-8/h6-9H,1-4H2/t6-,7?/m0/s1. The van der Waals surface area contributed by atoms with E-state index in [2.05, 4.69) is 6.58 Å². The van der Waals surface area contributed by atoms with Gasteiger partial charge in [-0.05, 0) is 12.8 Å². The molecule has 1 saturated carbocycles. The lowest BCUT2D eigenvalue weighted by molar-refractivity contribution is 0.103. The maximum atomic E-state index is 9.14. The first-order valence-electron chi connectivity index (χ1n) is 3.22. The van der Waals surface area contributed by atoms with Crippen LogP contribution in [0, 0.1) is 5.92 Å². The lowest BCUT2D eigenvalue weighted by Crippen LogP contribution is -2.17. The third-order valence-electron chi connectivity index (χ3n) is 1.95. The minimum atomic E-state index is -0.345. The second-order valence-corrected chi connectivity index (χ2v) is 2.55. The zero-order valence-corrected chi connectivity index (χ0v) is 5.38. The summed E-state index contributed by atoms with van der Waals surface area (Å²) in [7, 11) is 0. The van der Waals surface area contributed by atoms with E-state index >= 15 is 0 Å². The quantitative estimate of drug-likeness (QED) is 0.499. The van der Waals surface area contributed by atoms with Crippen LogP contribution in [-0.4, -0.2) is 22.9 Å². The van der Waals surface area contributed by atoms with E-state index in [-0.39, 0.29) is 18.6 Å². The van der Waals surface area contributed by atoms with E-state index in [1.807, 2.05) is 0 Å². The van der Waals surface area contributed by atoms with Gasteiger partial charge < -0.3 is 10.2 Å². The molecule has 1 fully saturated rings. The number of aliphatic hydroxyl groups excluding tert-OH is 2. The fraction of sp³-hybridized carbons (Fsp3) is 0.714. The Balaban J connectivity index is 2.55. The molecule has 0 bridgehead atoms. The van der Waals surface area contributed by atoms with E-state index in [1.54, 1.807) is 0 Å². The van der Waals surface area contributed by atoms with Gasteiger partial charge in [0.1, 0.15) is 0 Å². The molecule has 2 N–H and O–H groups in total. The van der Waals surface area contributed by atoms with Crippen LogP contribution in [0.5, 0.6) is 0 Å². The number of rotatable bonds is 1. The predicted octanol–water partition coefficient (Wildman–Crippen LogP) is 0.306. The number of hydrogen-bond acceptors (Lipinski definition) is 2. The summed E-state index contributed by atoms with van der Waals surface area (Å²) in [6.45, 7) is 3.78. The molecular weight excluding hydrogens is 116 g/mol. The van der Waals surface area contributed by atoms with Crippen LogP contribution in [0.2, 0.25) is 0 Å². The second kappa shape index (κ2) is 2.50. The zero-order chi connectivity index (χ0) is 6.85. The molecule has 0 radical (unpaired) electrons. The Hall–Kier alpha value is -0.340. The molecule has 1 aliphatic carbocycles. The summed E-state index contributed by atoms with van der Waals surface area (Å²) in [5, 5.41) is 17.8. The van der Waals surface area contributed by atoms with Crippen LogP contribution in [0.4, 0.5) is 0 Å². The minimum Gasteiger partial charge on any atom is -0.396 e. The van der Waals surface area contributed by atoms with Crippen LogP contribution in [0.15, 0.2) is 12.2 Å². The summed E-state index contributed by atoms with van der Waals surface area (Å²) >= 11 is 0. The van der Waals surface area contributed by atoms with Gasteiger partial charge in [-0.2, -0.15) is 0 Å². The molecule has 2 heteroatoms. The summed E-state index contributed by atoms with van der Waals surface area (Å²) in [4.78, 5) is 0. The van der Waals surface area contributed by atoms with E-state index in [0.29, 0.717) is 0 Å². The van der Waals surface area contributed by atoms with Gasteiger partial charge in [-0.15, -0.1) is 0 Å². The molecule has 0 saturated heterocycles. The molecule has 2 nitrogen and oxygen atoms in total. The van der Waals surface area contributed by atoms with Crippen molar-refractivity contribution in [1.82, 2.24) is 0 Å². The SMILES string of the molecule is C=C1CCC(O)[C@H]1CO. The molecular formula is C7H12O2. The van der Waals surface area contributed by atoms with Gasteiger partial charge in [-0.1, -0.05) is 12.2 Å². The maximum Gasteiger partial charge on any atom is 0.0630 e. The van der Waals surface area contributed by atoms with Gasteiger partial charge in [0.15, 0.2) is 0 Å². The van der Waals surface area contributed by atoms with Crippen LogP contribution in [0.25, 0.3) is 0 Å². The molecule has 1 aliphatic rings. The molecule has 2 atom stereocenters. The highest BCUT2D eigenvalue weighted by Crippen LogP contribution is 2.29. The maximum absolute atomic E-state index is 9.14. The van der Waals surface area contributed by atoms with Crippen LogP contribution < -0.4 is 0 Å². The van der Waals surface area contributed by atoms with E-state index in [9.17, 15) is 0 Å². The summed E-state index contributed by atoms with van der Waals surface area (Å²) in [6, 6.07) is 0. The van der Waals surface area contributed by atoms with Crippen molar-refractivity contribution in [2.75, 3.05) is 6.61 Å². The van der Waals surface area contributed by atoms with Gasteiger partial charge >= 0.3 is 0 Å². The van der Waals surface area contributed by atoms with Crippen molar-refractivity contribution >= 4 is 0 Å². The Morgan fingerprint density at radius 1 is 1.67 bits per heavy atom. The lowest BCUT2D eigenvalue weighted by atomic mass is 10.0. The monoisotopic (exact) mass is 128 g/mol. The molecule has 0 aromatic carbocycles. The van der Waals surface area contributed by atoms with E-state index in [4.69, 9.17) is 10.2 Å². The van der Waals surface area contributed by atoms with Crippen LogP contribution in [0.1, 0.15) is 12.8 Å². The van der Waals surface area contributed by atoms with Crippen molar-refractivity contribution in [3.05, 3.63) is 12.2 Å². The summed E-state index contributed by atoms with van der Waals surface area (Å²) in [6.07, 6.45) is 1.29. The molecule has 1 rings (SSSR count). The lowest BCUT2D eigenvalue weighted by Gasteiger charge is -2.10. The Labute approximate surface area is 54.8 Å². The molecule has 0 aromatic heterocycles. The van der Waals surface area contributed by atoms with Crippen molar-refractivity contribution in [2.45, 2.75) is 18.9 Å². The van der Waals surface area contributed by atoms with Gasteiger partial charge in [0.2, 0.25) is 0 Å². The highest BCUT2D eigenvalue weighted by atomic mass is 16.3. The van der Waals surface area contributed by atoms with Gasteiger partial charge in [-0.25, -0.2) is 0 Å². The van der Waals surface area contributed by atoms with Crippen LogP contribution in [-0.2, 0) is 0 Å². The van der Waals surface area contributed by atoms with Gasteiger partial charge in [0.05, 0.1) is 12.7 Å². The molecule has 9 heavy (non-hydrogen) atoms. The Morgan fingerprint density at radius 2 is 2.33 bits per heavy atom. The fourth-order valence-corrected chi connectivity index (χ4v) is 1.24. The molecule has 0 heterocycles. The Morgan fingerprint density at radius 3 is 2.56 bits per heavy atom. The number of aliphatic hydroxyl groups is 2. The fourth-order valence-electron chi connectivity index (χ4n) is 1.24. The van der Waals surface area contributed by atoms with Crippen molar-refractivity contribution < 1.29 is 10.2 Å². The molecule has 52 valence electrons. The highest BCUT2D eigenvalue weighted by molar-refractivity contribution is 5.09. The van der Waals surface area contributed by atoms with Crippen molar-refractivity contribution in [3.63, 3.8) is 0 Å². The first-order chi connectivity index (χ1) is 4.25. The van der Waals surface area contributed by atoms with E-state index < -0.39 is 0 Å². The highest BCUT2D eigenvalue weighted by Gasteiger charge is 2.27. The Kier molecular flexibility index (Phi) is 1.88. The normalized spacial score (nSPS) is 35.6. The summed E-state index contributed by atoms with van der Waals surface area (Å²) in [5.41, 5.74) is 0.991. The largest absolute Gasteiger partial charge is 0.396 e. The molecule has 0 aliphatic heterocycles. The topological polar surface area (TPSA) is 40.5 Å². The summed E-state index contributed by atoms with van der Waals surface area (Å²) < 4.78 is 0. The van der Waals surface area contributed by atoms with Gasteiger partial charge in [0, 0.05) is 5.92 Å². The second-order valence-electron chi connectivity index (χ2n) is 2.55. The third kappa shape index (κ3) is 1.14. The summed E-state index contributed by atoms with van der Waals surface area (Å²) in [5.74, 6) is -0.0509. The molecule has 0 spiro atoms.